The predicted molar refractivity (Wildman–Crippen MR) is 70.7 cm³/mol. The Morgan fingerprint density at radius 3 is 2.40 bits per heavy atom. The Labute approximate surface area is 121 Å². The Morgan fingerprint density at radius 2 is 1.90 bits per heavy atom. The molecule has 0 atom stereocenters. The van der Waals surface area contributed by atoms with Gasteiger partial charge >= 0.3 is 5.97 Å². The van der Waals surface area contributed by atoms with Crippen LogP contribution in [0.2, 0.25) is 0 Å². The zero-order valence-corrected chi connectivity index (χ0v) is 11.7. The number of hydrogen-bond donors (Lipinski definition) is 1. The molecule has 2 aromatic rings. The first-order chi connectivity index (χ1) is 9.51. The molecule has 1 N–H and O–H groups in total. The van der Waals surface area contributed by atoms with Crippen LogP contribution in [0.15, 0.2) is 29.0 Å². The van der Waals surface area contributed by atoms with Crippen molar-refractivity contribution >= 4 is 33.4 Å². The van der Waals surface area contributed by atoms with Gasteiger partial charge in [-0.25, -0.2) is 23.5 Å². The van der Waals surface area contributed by atoms with Gasteiger partial charge in [-0.3, -0.25) is 0 Å². The molecule has 2 rings (SSSR count). The lowest BCUT2D eigenvalue weighted by molar-refractivity contribution is 0.0593. The summed E-state index contributed by atoms with van der Waals surface area (Å²) < 4.78 is 31.9. The molecule has 0 aliphatic heterocycles. The molecule has 104 valence electrons. The third-order valence-corrected chi connectivity index (χ3v) is 2.76. The first kappa shape index (κ1) is 14.3. The summed E-state index contributed by atoms with van der Waals surface area (Å²) in [4.78, 5) is 18.8. The minimum atomic E-state index is -0.782. The molecule has 0 aliphatic rings. The van der Waals surface area contributed by atoms with Gasteiger partial charge in [-0.2, -0.15) is 0 Å². The molecule has 0 unspecified atom stereocenters. The highest BCUT2D eigenvalue weighted by Crippen LogP contribution is 2.25. The van der Waals surface area contributed by atoms with Crippen molar-refractivity contribution in [3.63, 3.8) is 0 Å². The number of nitrogens with zero attached hydrogens (tertiary/aromatic N) is 2. The van der Waals surface area contributed by atoms with Crippen LogP contribution in [0.25, 0.3) is 0 Å². The van der Waals surface area contributed by atoms with E-state index in [2.05, 4.69) is 36.0 Å². The number of carbonyl (C=O) groups is 1. The normalized spacial score (nSPS) is 10.2. The second-order valence-electron chi connectivity index (χ2n) is 3.65. The number of rotatable bonds is 3. The smallest absolute Gasteiger partial charge is 0.358 e. The first-order valence-electron chi connectivity index (χ1n) is 5.33. The number of methoxy groups -OCH3 is 1. The van der Waals surface area contributed by atoms with Crippen LogP contribution >= 0.6 is 15.9 Å². The summed E-state index contributed by atoms with van der Waals surface area (Å²) in [7, 11) is 1.21. The highest BCUT2D eigenvalue weighted by Gasteiger charge is 2.12. The molecule has 0 aliphatic carbocycles. The summed E-state index contributed by atoms with van der Waals surface area (Å²) in [5, 5.41) is 2.46. The maximum atomic E-state index is 13.6. The second-order valence-corrected chi connectivity index (χ2v) is 4.56. The zero-order chi connectivity index (χ0) is 14.7. The molecule has 0 radical (unpaired) electrons. The van der Waals surface area contributed by atoms with Gasteiger partial charge in [-0.05, 0) is 12.1 Å². The van der Waals surface area contributed by atoms with Crippen LogP contribution in [0.4, 0.5) is 20.3 Å². The SMILES string of the molecule is COC(=O)c1cnc(Nc2c(F)cc(Br)cc2F)cn1. The Balaban J connectivity index is 2.25. The molecule has 20 heavy (non-hydrogen) atoms. The molecular weight excluding hydrogens is 336 g/mol. The average Bonchev–Trinajstić information content (AvgIpc) is 2.42. The van der Waals surface area contributed by atoms with Gasteiger partial charge in [0.2, 0.25) is 0 Å². The number of aromatic nitrogens is 2. The zero-order valence-electron chi connectivity index (χ0n) is 10.2. The van der Waals surface area contributed by atoms with Crippen molar-refractivity contribution in [1.29, 1.82) is 0 Å². The van der Waals surface area contributed by atoms with E-state index in [0.717, 1.165) is 18.3 Å². The highest BCUT2D eigenvalue weighted by molar-refractivity contribution is 9.10. The lowest BCUT2D eigenvalue weighted by atomic mass is 10.3. The molecule has 0 saturated heterocycles. The number of halogens is 3. The second kappa shape index (κ2) is 5.91. The number of hydrogen-bond acceptors (Lipinski definition) is 5. The molecule has 8 heteroatoms. The fraction of sp³-hybridized carbons (Fsp3) is 0.0833. The number of anilines is 2. The van der Waals surface area contributed by atoms with E-state index in [9.17, 15) is 13.6 Å². The van der Waals surface area contributed by atoms with Gasteiger partial charge < -0.3 is 10.1 Å². The molecule has 0 bridgehead atoms. The van der Waals surface area contributed by atoms with Crippen molar-refractivity contribution in [1.82, 2.24) is 9.97 Å². The Bertz CT molecular complexity index is 627. The van der Waals surface area contributed by atoms with Gasteiger partial charge in [-0.15, -0.1) is 0 Å². The topological polar surface area (TPSA) is 64.1 Å². The van der Waals surface area contributed by atoms with Crippen LogP contribution in [0.1, 0.15) is 10.5 Å². The summed E-state index contributed by atoms with van der Waals surface area (Å²) in [6, 6.07) is 2.23. The largest absolute Gasteiger partial charge is 0.464 e. The van der Waals surface area contributed by atoms with Crippen LogP contribution in [-0.4, -0.2) is 23.0 Å². The van der Waals surface area contributed by atoms with Gasteiger partial charge in [0.25, 0.3) is 0 Å². The van der Waals surface area contributed by atoms with Crippen molar-refractivity contribution in [2.24, 2.45) is 0 Å². The van der Waals surface area contributed by atoms with Gasteiger partial charge in [-0.1, -0.05) is 15.9 Å². The van der Waals surface area contributed by atoms with Crippen LogP contribution in [-0.2, 0) is 4.74 Å². The van der Waals surface area contributed by atoms with Crippen molar-refractivity contribution in [2.45, 2.75) is 0 Å². The monoisotopic (exact) mass is 343 g/mol. The molecule has 0 amide bonds. The maximum absolute atomic E-state index is 13.6. The van der Waals surface area contributed by atoms with E-state index < -0.39 is 17.6 Å². The lowest BCUT2D eigenvalue weighted by Crippen LogP contribution is -2.06. The van der Waals surface area contributed by atoms with E-state index in [0.29, 0.717) is 0 Å². The van der Waals surface area contributed by atoms with Crippen LogP contribution in [0, 0.1) is 11.6 Å². The lowest BCUT2D eigenvalue weighted by Gasteiger charge is -2.08. The van der Waals surface area contributed by atoms with E-state index in [-0.39, 0.29) is 21.7 Å². The van der Waals surface area contributed by atoms with E-state index in [1.165, 1.54) is 13.3 Å². The number of ether oxygens (including phenoxy) is 1. The molecule has 1 aromatic heterocycles. The van der Waals surface area contributed by atoms with E-state index >= 15 is 0 Å². The fourth-order valence-electron chi connectivity index (χ4n) is 1.39. The van der Waals surface area contributed by atoms with Crippen LogP contribution in [0.3, 0.4) is 0 Å². The Morgan fingerprint density at radius 1 is 1.25 bits per heavy atom. The molecular formula is C12H8BrF2N3O2. The number of carbonyl (C=O) groups excluding carboxylic acids is 1. The Hall–Kier alpha value is -2.09. The van der Waals surface area contributed by atoms with Gasteiger partial charge in [0.05, 0.1) is 19.5 Å². The third-order valence-electron chi connectivity index (χ3n) is 2.31. The van der Waals surface area contributed by atoms with Crippen molar-refractivity contribution in [3.05, 3.63) is 46.3 Å². The van der Waals surface area contributed by atoms with E-state index in [4.69, 9.17) is 0 Å². The molecule has 0 spiro atoms. The maximum Gasteiger partial charge on any atom is 0.358 e. The van der Waals surface area contributed by atoms with Gasteiger partial charge in [0.1, 0.15) is 11.5 Å². The summed E-state index contributed by atoms with van der Waals surface area (Å²) >= 11 is 2.98. The van der Waals surface area contributed by atoms with Gasteiger partial charge in [0.15, 0.2) is 17.3 Å². The summed E-state index contributed by atoms with van der Waals surface area (Å²) in [5.74, 6) is -2.12. The van der Waals surface area contributed by atoms with Crippen LogP contribution < -0.4 is 5.32 Å². The highest BCUT2D eigenvalue weighted by atomic mass is 79.9. The molecule has 5 nitrogen and oxygen atoms in total. The number of benzene rings is 1. The van der Waals surface area contributed by atoms with Crippen LogP contribution in [0.5, 0.6) is 0 Å². The first-order valence-corrected chi connectivity index (χ1v) is 6.12. The minimum absolute atomic E-state index is 0.00481. The summed E-state index contributed by atoms with van der Waals surface area (Å²) in [6.45, 7) is 0. The fourth-order valence-corrected chi connectivity index (χ4v) is 1.79. The van der Waals surface area contributed by atoms with Gasteiger partial charge in [0, 0.05) is 4.47 Å². The van der Waals surface area contributed by atoms with Crippen molar-refractivity contribution in [2.75, 3.05) is 12.4 Å². The van der Waals surface area contributed by atoms with Crippen molar-refractivity contribution in [3.8, 4) is 0 Å². The van der Waals surface area contributed by atoms with E-state index in [1.54, 1.807) is 0 Å². The molecule has 1 heterocycles. The minimum Gasteiger partial charge on any atom is -0.464 e. The molecule has 0 fully saturated rings. The summed E-state index contributed by atoms with van der Waals surface area (Å²) in [5.41, 5.74) is -0.358. The third kappa shape index (κ3) is 3.08. The summed E-state index contributed by atoms with van der Waals surface area (Å²) in [6.07, 6.45) is 2.32. The number of nitrogens with one attached hydrogen (secondary N) is 1. The predicted octanol–water partition coefficient (Wildman–Crippen LogP) is 3.05. The van der Waals surface area contributed by atoms with E-state index in [1.807, 2.05) is 0 Å². The number of esters is 1. The quantitative estimate of drug-likeness (QED) is 0.867. The standard InChI is InChI=1S/C12H8BrF2N3O2/c1-20-12(19)9-4-17-10(5-16-9)18-11-7(14)2-6(13)3-8(11)15/h2-5H,1H3,(H,17,18). The average molecular weight is 344 g/mol. The molecule has 1 aromatic carbocycles. The Kier molecular flexibility index (Phi) is 4.23. The van der Waals surface area contributed by atoms with Crippen molar-refractivity contribution < 1.29 is 18.3 Å². The molecule has 0 saturated carbocycles.